The molecule has 0 radical (unpaired) electrons. The van der Waals surface area contributed by atoms with E-state index in [0.29, 0.717) is 18.7 Å². The van der Waals surface area contributed by atoms with E-state index in [1.54, 1.807) is 0 Å². The molecule has 102 valence electrons. The fourth-order valence-electron chi connectivity index (χ4n) is 1.85. The highest BCUT2D eigenvalue weighted by molar-refractivity contribution is 5.94. The van der Waals surface area contributed by atoms with Gasteiger partial charge in [-0.05, 0) is 37.0 Å². The Balaban J connectivity index is 1.69. The Labute approximate surface area is 113 Å². The van der Waals surface area contributed by atoms with Crippen LogP contribution in [0.2, 0.25) is 0 Å². The molecular formula is C15H20N2O2. The molecule has 0 spiro atoms. The van der Waals surface area contributed by atoms with Crippen LogP contribution in [0, 0.1) is 5.92 Å². The zero-order valence-electron chi connectivity index (χ0n) is 11.2. The highest BCUT2D eigenvalue weighted by Crippen LogP contribution is 2.28. The highest BCUT2D eigenvalue weighted by Gasteiger charge is 2.28. The van der Waals surface area contributed by atoms with Gasteiger partial charge in [-0.1, -0.05) is 19.1 Å². The maximum Gasteiger partial charge on any atom is 0.251 e. The van der Waals surface area contributed by atoms with Crippen molar-refractivity contribution in [2.24, 2.45) is 5.92 Å². The minimum Gasteiger partial charge on any atom is -0.354 e. The monoisotopic (exact) mass is 260 g/mol. The van der Waals surface area contributed by atoms with Gasteiger partial charge in [0.2, 0.25) is 5.91 Å². The van der Waals surface area contributed by atoms with Gasteiger partial charge in [-0.3, -0.25) is 9.59 Å². The molecule has 4 nitrogen and oxygen atoms in total. The van der Waals surface area contributed by atoms with Crippen molar-refractivity contribution in [3.05, 3.63) is 35.4 Å². The summed E-state index contributed by atoms with van der Waals surface area (Å²) < 4.78 is 0. The molecule has 1 saturated carbocycles. The third kappa shape index (κ3) is 4.09. The molecule has 1 aromatic carbocycles. The molecule has 0 saturated heterocycles. The standard InChI is InChI=1S/C15H20N2O2/c1-2-11-3-5-12(6-4-11)14(18)16-9-10-17-15(19)13-7-8-13/h3-6,13H,2,7-10H2,1H3,(H,16,18)(H,17,19). The van der Waals surface area contributed by atoms with Gasteiger partial charge in [0.15, 0.2) is 0 Å². The third-order valence-corrected chi connectivity index (χ3v) is 3.28. The maximum atomic E-state index is 11.8. The Kier molecular flexibility index (Phi) is 4.55. The SMILES string of the molecule is CCc1ccc(C(=O)NCCNC(=O)C2CC2)cc1. The molecule has 4 heteroatoms. The molecule has 0 heterocycles. The lowest BCUT2D eigenvalue weighted by Crippen LogP contribution is -2.35. The molecule has 1 aromatic rings. The zero-order valence-corrected chi connectivity index (χ0v) is 11.2. The molecule has 0 bridgehead atoms. The van der Waals surface area contributed by atoms with Gasteiger partial charge in [-0.2, -0.15) is 0 Å². The van der Waals surface area contributed by atoms with Gasteiger partial charge in [0.25, 0.3) is 5.91 Å². The fraction of sp³-hybridized carbons (Fsp3) is 0.467. The molecule has 2 rings (SSSR count). The van der Waals surface area contributed by atoms with Gasteiger partial charge in [0.1, 0.15) is 0 Å². The van der Waals surface area contributed by atoms with Crippen molar-refractivity contribution < 1.29 is 9.59 Å². The quantitative estimate of drug-likeness (QED) is 0.762. The van der Waals surface area contributed by atoms with Gasteiger partial charge in [-0.15, -0.1) is 0 Å². The third-order valence-electron chi connectivity index (χ3n) is 3.28. The van der Waals surface area contributed by atoms with Crippen LogP contribution >= 0.6 is 0 Å². The topological polar surface area (TPSA) is 58.2 Å². The van der Waals surface area contributed by atoms with E-state index in [-0.39, 0.29) is 17.7 Å². The van der Waals surface area contributed by atoms with Crippen LogP contribution in [0.4, 0.5) is 0 Å². The van der Waals surface area contributed by atoms with Crippen LogP contribution < -0.4 is 10.6 Å². The second kappa shape index (κ2) is 6.36. The van der Waals surface area contributed by atoms with Gasteiger partial charge in [-0.25, -0.2) is 0 Å². The molecule has 2 amide bonds. The largest absolute Gasteiger partial charge is 0.354 e. The van der Waals surface area contributed by atoms with Crippen LogP contribution in [-0.2, 0) is 11.2 Å². The van der Waals surface area contributed by atoms with Gasteiger partial charge in [0, 0.05) is 24.6 Å². The van der Waals surface area contributed by atoms with E-state index in [2.05, 4.69) is 17.6 Å². The summed E-state index contributed by atoms with van der Waals surface area (Å²) in [5.74, 6) is 0.238. The number of benzene rings is 1. The molecule has 1 aliphatic carbocycles. The lowest BCUT2D eigenvalue weighted by molar-refractivity contribution is -0.122. The molecule has 0 aromatic heterocycles. The van der Waals surface area contributed by atoms with Crippen LogP contribution in [0.3, 0.4) is 0 Å². The van der Waals surface area contributed by atoms with Crippen LogP contribution in [0.25, 0.3) is 0 Å². The van der Waals surface area contributed by atoms with E-state index in [4.69, 9.17) is 0 Å². The smallest absolute Gasteiger partial charge is 0.251 e. The minimum absolute atomic E-state index is 0.0941. The Morgan fingerprint density at radius 1 is 1.11 bits per heavy atom. The normalized spacial score (nSPS) is 13.9. The Hall–Kier alpha value is -1.84. The lowest BCUT2D eigenvalue weighted by atomic mass is 10.1. The van der Waals surface area contributed by atoms with Crippen molar-refractivity contribution >= 4 is 11.8 Å². The van der Waals surface area contributed by atoms with Gasteiger partial charge >= 0.3 is 0 Å². The number of nitrogens with one attached hydrogen (secondary N) is 2. The van der Waals surface area contributed by atoms with Crippen LogP contribution in [0.5, 0.6) is 0 Å². The summed E-state index contributed by atoms with van der Waals surface area (Å²) in [6.07, 6.45) is 2.97. The second-order valence-electron chi connectivity index (χ2n) is 4.87. The number of amides is 2. The van der Waals surface area contributed by atoms with E-state index >= 15 is 0 Å². The van der Waals surface area contributed by atoms with E-state index in [9.17, 15) is 9.59 Å². The average molecular weight is 260 g/mol. The number of aryl methyl sites for hydroxylation is 1. The Morgan fingerprint density at radius 3 is 2.32 bits per heavy atom. The Morgan fingerprint density at radius 2 is 1.74 bits per heavy atom. The zero-order chi connectivity index (χ0) is 13.7. The molecule has 0 unspecified atom stereocenters. The van der Waals surface area contributed by atoms with Crippen molar-refractivity contribution in [3.63, 3.8) is 0 Å². The van der Waals surface area contributed by atoms with E-state index in [1.807, 2.05) is 24.3 Å². The molecule has 19 heavy (non-hydrogen) atoms. The predicted octanol–water partition coefficient (Wildman–Crippen LogP) is 1.50. The number of carbonyl (C=O) groups excluding carboxylic acids is 2. The van der Waals surface area contributed by atoms with Gasteiger partial charge < -0.3 is 10.6 Å². The molecule has 0 atom stereocenters. The van der Waals surface area contributed by atoms with Crippen LogP contribution in [0.1, 0.15) is 35.7 Å². The Bertz CT molecular complexity index is 450. The summed E-state index contributed by atoms with van der Waals surface area (Å²) in [5.41, 5.74) is 1.87. The molecule has 1 aliphatic rings. The first-order valence-corrected chi connectivity index (χ1v) is 6.85. The van der Waals surface area contributed by atoms with Crippen LogP contribution in [0.15, 0.2) is 24.3 Å². The van der Waals surface area contributed by atoms with Gasteiger partial charge in [0.05, 0.1) is 0 Å². The number of hydrogen-bond acceptors (Lipinski definition) is 2. The number of hydrogen-bond donors (Lipinski definition) is 2. The first-order chi connectivity index (χ1) is 9.20. The first kappa shape index (κ1) is 13.6. The van der Waals surface area contributed by atoms with Crippen molar-refractivity contribution in [2.75, 3.05) is 13.1 Å². The maximum absolute atomic E-state index is 11.8. The van der Waals surface area contributed by atoms with E-state index < -0.39 is 0 Å². The summed E-state index contributed by atoms with van der Waals surface area (Å²) in [6, 6.07) is 7.58. The highest BCUT2D eigenvalue weighted by atomic mass is 16.2. The predicted molar refractivity (Wildman–Crippen MR) is 73.9 cm³/mol. The molecular weight excluding hydrogens is 240 g/mol. The summed E-state index contributed by atoms with van der Waals surface area (Å²) in [4.78, 5) is 23.2. The summed E-state index contributed by atoms with van der Waals surface area (Å²) in [7, 11) is 0. The minimum atomic E-state index is -0.0941. The lowest BCUT2D eigenvalue weighted by Gasteiger charge is -2.07. The first-order valence-electron chi connectivity index (χ1n) is 6.85. The van der Waals surface area contributed by atoms with Crippen molar-refractivity contribution in [1.29, 1.82) is 0 Å². The second-order valence-corrected chi connectivity index (χ2v) is 4.87. The molecule has 0 aliphatic heterocycles. The summed E-state index contributed by atoms with van der Waals surface area (Å²) in [5, 5.41) is 5.61. The summed E-state index contributed by atoms with van der Waals surface area (Å²) in [6.45, 7) is 3.04. The number of rotatable bonds is 6. The van der Waals surface area contributed by atoms with Crippen molar-refractivity contribution in [1.82, 2.24) is 10.6 Å². The average Bonchev–Trinajstić information content (AvgIpc) is 3.27. The van der Waals surface area contributed by atoms with Crippen molar-refractivity contribution in [2.45, 2.75) is 26.2 Å². The molecule has 1 fully saturated rings. The van der Waals surface area contributed by atoms with E-state index in [0.717, 1.165) is 19.3 Å². The van der Waals surface area contributed by atoms with Crippen LogP contribution in [-0.4, -0.2) is 24.9 Å². The van der Waals surface area contributed by atoms with E-state index in [1.165, 1.54) is 5.56 Å². The summed E-state index contributed by atoms with van der Waals surface area (Å²) >= 11 is 0. The fourth-order valence-corrected chi connectivity index (χ4v) is 1.85. The number of carbonyl (C=O) groups is 2. The van der Waals surface area contributed by atoms with Crippen molar-refractivity contribution in [3.8, 4) is 0 Å². The molecule has 2 N–H and O–H groups in total.